The highest BCUT2D eigenvalue weighted by Gasteiger charge is 2.14. The second-order valence-corrected chi connectivity index (χ2v) is 6.57. The highest BCUT2D eigenvalue weighted by atomic mass is 32.1. The van der Waals surface area contributed by atoms with Gasteiger partial charge in [-0.3, -0.25) is 20.4 Å². The van der Waals surface area contributed by atoms with Crippen molar-refractivity contribution in [1.29, 1.82) is 0 Å². The summed E-state index contributed by atoms with van der Waals surface area (Å²) in [5.41, 5.74) is 7.24. The van der Waals surface area contributed by atoms with Gasteiger partial charge >= 0.3 is 0 Å². The van der Waals surface area contributed by atoms with E-state index in [0.717, 1.165) is 15.8 Å². The quantitative estimate of drug-likeness (QED) is 0.552. The second-order valence-electron chi connectivity index (χ2n) is 5.54. The Hall–Kier alpha value is -3.19. The molecule has 0 unspecified atom stereocenters. The number of hydrogen-bond acceptors (Lipinski definition) is 6. The van der Waals surface area contributed by atoms with E-state index < -0.39 is 5.91 Å². The topological polar surface area (TPSA) is 84.2 Å². The van der Waals surface area contributed by atoms with Crippen molar-refractivity contribution in [2.45, 2.75) is 6.92 Å². The van der Waals surface area contributed by atoms with E-state index in [1.807, 2.05) is 25.1 Å². The predicted molar refractivity (Wildman–Crippen MR) is 97.9 cm³/mol. The van der Waals surface area contributed by atoms with Crippen LogP contribution in [0.1, 0.15) is 15.9 Å². The lowest BCUT2D eigenvalue weighted by molar-refractivity contribution is 0.0960. The van der Waals surface area contributed by atoms with Crippen LogP contribution < -0.4 is 16.3 Å². The van der Waals surface area contributed by atoms with E-state index in [1.54, 1.807) is 24.3 Å². The van der Waals surface area contributed by atoms with Gasteiger partial charge in [-0.05, 0) is 36.8 Å². The summed E-state index contributed by atoms with van der Waals surface area (Å²) in [6.07, 6.45) is 1.17. The number of para-hydroxylation sites is 1. The van der Waals surface area contributed by atoms with Crippen LogP contribution in [-0.2, 0) is 0 Å². The number of carbonyl (C=O) groups is 1. The Morgan fingerprint density at radius 1 is 1.20 bits per heavy atom. The standard InChI is InChI=1S/C18H13N3O3S/c1-10-6-7-13-15(8-10)25-18(19-13)21-20-17(23)12-9-24-14-5-3-2-4-11(14)16(12)22/h2-9H,1H3,(H,19,21)(H,20,23). The maximum absolute atomic E-state index is 12.4. The lowest BCUT2D eigenvalue weighted by Crippen LogP contribution is -2.32. The van der Waals surface area contributed by atoms with Crippen LogP contribution in [0.4, 0.5) is 5.13 Å². The molecule has 2 heterocycles. The molecule has 2 aromatic heterocycles. The Labute approximate surface area is 146 Å². The highest BCUT2D eigenvalue weighted by Crippen LogP contribution is 2.26. The number of carbonyl (C=O) groups excluding carboxylic acids is 1. The van der Waals surface area contributed by atoms with Crippen molar-refractivity contribution in [3.8, 4) is 0 Å². The normalized spacial score (nSPS) is 10.9. The molecule has 6 nitrogen and oxygen atoms in total. The fourth-order valence-corrected chi connectivity index (χ4v) is 3.41. The number of hydrogen-bond donors (Lipinski definition) is 2. The van der Waals surface area contributed by atoms with Crippen LogP contribution in [0, 0.1) is 6.92 Å². The zero-order valence-electron chi connectivity index (χ0n) is 13.2. The molecule has 0 spiro atoms. The molecular formula is C18H13N3O3S. The van der Waals surface area contributed by atoms with E-state index >= 15 is 0 Å². The van der Waals surface area contributed by atoms with Crippen molar-refractivity contribution in [2.75, 3.05) is 5.43 Å². The first-order chi connectivity index (χ1) is 12.1. The maximum Gasteiger partial charge on any atom is 0.276 e. The van der Waals surface area contributed by atoms with Crippen molar-refractivity contribution in [1.82, 2.24) is 10.4 Å². The van der Waals surface area contributed by atoms with Gasteiger partial charge < -0.3 is 4.42 Å². The number of fused-ring (bicyclic) bond motifs is 2. The molecule has 0 aliphatic carbocycles. The summed E-state index contributed by atoms with van der Waals surface area (Å²) in [4.78, 5) is 29.1. The lowest BCUT2D eigenvalue weighted by Gasteiger charge is -2.05. The lowest BCUT2D eigenvalue weighted by atomic mass is 10.2. The molecule has 2 N–H and O–H groups in total. The number of nitrogens with one attached hydrogen (secondary N) is 2. The van der Waals surface area contributed by atoms with Crippen LogP contribution in [0.5, 0.6) is 0 Å². The molecule has 4 rings (SSSR count). The minimum atomic E-state index is -0.574. The van der Waals surface area contributed by atoms with Crippen LogP contribution >= 0.6 is 11.3 Å². The van der Waals surface area contributed by atoms with Crippen LogP contribution in [0.3, 0.4) is 0 Å². The summed E-state index contributed by atoms with van der Waals surface area (Å²) >= 11 is 1.42. The van der Waals surface area contributed by atoms with Crippen molar-refractivity contribution in [3.05, 3.63) is 70.1 Å². The zero-order valence-corrected chi connectivity index (χ0v) is 14.0. The van der Waals surface area contributed by atoms with Crippen molar-refractivity contribution in [3.63, 3.8) is 0 Å². The highest BCUT2D eigenvalue weighted by molar-refractivity contribution is 7.22. The van der Waals surface area contributed by atoms with Gasteiger partial charge in [-0.1, -0.05) is 29.5 Å². The molecule has 0 aliphatic rings. The van der Waals surface area contributed by atoms with Gasteiger partial charge in [-0.2, -0.15) is 0 Å². The van der Waals surface area contributed by atoms with Crippen molar-refractivity contribution < 1.29 is 9.21 Å². The molecule has 0 saturated heterocycles. The van der Waals surface area contributed by atoms with Gasteiger partial charge in [0.25, 0.3) is 5.91 Å². The third-order valence-corrected chi connectivity index (χ3v) is 4.69. The fraction of sp³-hybridized carbons (Fsp3) is 0.0556. The van der Waals surface area contributed by atoms with E-state index in [1.165, 1.54) is 17.6 Å². The number of rotatable bonds is 3. The van der Waals surface area contributed by atoms with Crippen LogP contribution in [0.25, 0.3) is 21.2 Å². The number of anilines is 1. The van der Waals surface area contributed by atoms with Crippen LogP contribution in [0.2, 0.25) is 0 Å². The molecule has 4 aromatic rings. The number of aryl methyl sites for hydroxylation is 1. The maximum atomic E-state index is 12.4. The van der Waals surface area contributed by atoms with Gasteiger partial charge in [0.1, 0.15) is 17.4 Å². The van der Waals surface area contributed by atoms with E-state index in [2.05, 4.69) is 15.8 Å². The van der Waals surface area contributed by atoms with Gasteiger partial charge in [-0.25, -0.2) is 4.98 Å². The Morgan fingerprint density at radius 3 is 2.92 bits per heavy atom. The van der Waals surface area contributed by atoms with E-state index in [4.69, 9.17) is 4.42 Å². The Balaban J connectivity index is 1.57. The number of aromatic nitrogens is 1. The third-order valence-electron chi connectivity index (χ3n) is 3.75. The average molecular weight is 351 g/mol. The molecular weight excluding hydrogens is 338 g/mol. The zero-order chi connectivity index (χ0) is 17.4. The Kier molecular flexibility index (Phi) is 3.70. The molecule has 7 heteroatoms. The second kappa shape index (κ2) is 6.03. The summed E-state index contributed by atoms with van der Waals surface area (Å²) in [5.74, 6) is -0.574. The Bertz CT molecular complexity index is 1160. The summed E-state index contributed by atoms with van der Waals surface area (Å²) in [7, 11) is 0. The Morgan fingerprint density at radius 2 is 2.04 bits per heavy atom. The number of amides is 1. The van der Waals surface area contributed by atoms with Gasteiger partial charge in [0.15, 0.2) is 0 Å². The van der Waals surface area contributed by atoms with Gasteiger partial charge in [0, 0.05) is 0 Å². The molecule has 25 heavy (non-hydrogen) atoms. The van der Waals surface area contributed by atoms with Gasteiger partial charge in [0.05, 0.1) is 15.6 Å². The molecule has 0 atom stereocenters. The van der Waals surface area contributed by atoms with Crippen molar-refractivity contribution in [2.24, 2.45) is 0 Å². The third kappa shape index (κ3) is 2.85. The summed E-state index contributed by atoms with van der Waals surface area (Å²) in [5, 5.41) is 0.907. The summed E-state index contributed by atoms with van der Waals surface area (Å²) in [6.45, 7) is 2.01. The van der Waals surface area contributed by atoms with Gasteiger partial charge in [-0.15, -0.1) is 0 Å². The average Bonchev–Trinajstić information content (AvgIpc) is 3.02. The first-order valence-electron chi connectivity index (χ1n) is 7.56. The van der Waals surface area contributed by atoms with E-state index in [9.17, 15) is 9.59 Å². The summed E-state index contributed by atoms with van der Waals surface area (Å²) in [6, 6.07) is 12.7. The minimum absolute atomic E-state index is 0.0665. The molecule has 2 aromatic carbocycles. The predicted octanol–water partition coefficient (Wildman–Crippen LogP) is 3.47. The molecule has 0 radical (unpaired) electrons. The first kappa shape index (κ1) is 15.3. The molecule has 124 valence electrons. The minimum Gasteiger partial charge on any atom is -0.463 e. The van der Waals surface area contributed by atoms with Gasteiger partial charge in [0.2, 0.25) is 10.6 Å². The van der Waals surface area contributed by atoms with Crippen LogP contribution in [-0.4, -0.2) is 10.9 Å². The van der Waals surface area contributed by atoms with Crippen LogP contribution in [0.15, 0.2) is 57.9 Å². The monoisotopic (exact) mass is 351 g/mol. The molecule has 0 bridgehead atoms. The van der Waals surface area contributed by atoms with E-state index in [0.29, 0.717) is 16.1 Å². The molecule has 0 saturated carbocycles. The molecule has 1 amide bonds. The van der Waals surface area contributed by atoms with E-state index in [-0.39, 0.29) is 11.0 Å². The first-order valence-corrected chi connectivity index (χ1v) is 8.37. The van der Waals surface area contributed by atoms with Crippen molar-refractivity contribution >= 4 is 43.6 Å². The largest absolute Gasteiger partial charge is 0.463 e. The number of thiazole rings is 1. The number of benzene rings is 2. The molecule has 0 aliphatic heterocycles. The number of hydrazine groups is 1. The smallest absolute Gasteiger partial charge is 0.276 e. The molecule has 0 fully saturated rings. The summed E-state index contributed by atoms with van der Waals surface area (Å²) < 4.78 is 6.37. The fourth-order valence-electron chi connectivity index (χ4n) is 2.50. The SMILES string of the molecule is Cc1ccc2nc(NNC(=O)c3coc4ccccc4c3=O)sc2c1. The number of nitrogens with zero attached hydrogens (tertiary/aromatic N) is 1.